The van der Waals surface area contributed by atoms with Gasteiger partial charge in [-0.15, -0.1) is 0 Å². The topological polar surface area (TPSA) is 21.3 Å². The van der Waals surface area contributed by atoms with Gasteiger partial charge in [0.05, 0.1) is 12.7 Å². The molecule has 82 valence electrons. The molecule has 1 aliphatic carbocycles. The Hall–Kier alpha value is -1.02. The second-order valence-corrected chi connectivity index (χ2v) is 4.22. The molecule has 0 radical (unpaired) electrons. The molecule has 1 fully saturated rings. The van der Waals surface area contributed by atoms with Crippen LogP contribution in [-0.2, 0) is 4.74 Å². The molecule has 1 aliphatic rings. The van der Waals surface area contributed by atoms with Gasteiger partial charge in [-0.1, -0.05) is 17.7 Å². The van der Waals surface area contributed by atoms with E-state index >= 15 is 0 Å². The molecule has 0 atom stereocenters. The molecule has 1 aromatic carbocycles. The maximum atomic E-state index is 5.66. The van der Waals surface area contributed by atoms with Crippen molar-refractivity contribution in [3.8, 4) is 0 Å². The lowest BCUT2D eigenvalue weighted by Crippen LogP contribution is -2.24. The molecule has 0 unspecified atom stereocenters. The second-order valence-electron chi connectivity index (χ2n) is 4.22. The number of hydrogen-bond donors (Lipinski definition) is 1. The van der Waals surface area contributed by atoms with Crippen molar-refractivity contribution in [3.63, 3.8) is 0 Å². The summed E-state index contributed by atoms with van der Waals surface area (Å²) in [5.74, 6) is 0. The van der Waals surface area contributed by atoms with Gasteiger partial charge in [0, 0.05) is 12.2 Å². The number of anilines is 1. The van der Waals surface area contributed by atoms with Gasteiger partial charge < -0.3 is 10.1 Å². The van der Waals surface area contributed by atoms with E-state index in [2.05, 4.69) is 36.5 Å². The van der Waals surface area contributed by atoms with E-state index in [4.69, 9.17) is 4.74 Å². The van der Waals surface area contributed by atoms with Gasteiger partial charge in [0.25, 0.3) is 0 Å². The molecule has 2 nitrogen and oxygen atoms in total. The summed E-state index contributed by atoms with van der Waals surface area (Å²) in [5, 5.41) is 3.35. The Labute approximate surface area is 91.6 Å². The lowest BCUT2D eigenvalue weighted by Gasteiger charge is -2.25. The molecule has 0 spiro atoms. The summed E-state index contributed by atoms with van der Waals surface area (Å²) in [6.07, 6.45) is 4.40. The molecule has 2 heteroatoms. The van der Waals surface area contributed by atoms with Crippen molar-refractivity contribution < 1.29 is 4.74 Å². The zero-order valence-electron chi connectivity index (χ0n) is 9.33. The van der Waals surface area contributed by atoms with Gasteiger partial charge in [-0.25, -0.2) is 0 Å². The Morgan fingerprint density at radius 2 is 2.00 bits per heavy atom. The Morgan fingerprint density at radius 1 is 1.27 bits per heavy atom. The van der Waals surface area contributed by atoms with Crippen LogP contribution in [0.25, 0.3) is 0 Å². The molecule has 1 saturated carbocycles. The van der Waals surface area contributed by atoms with Crippen molar-refractivity contribution in [1.29, 1.82) is 0 Å². The molecule has 0 bridgehead atoms. The number of nitrogens with one attached hydrogen (secondary N) is 1. The molecule has 1 N–H and O–H groups in total. The fourth-order valence-electron chi connectivity index (χ4n) is 1.63. The lowest BCUT2D eigenvalue weighted by molar-refractivity contribution is 0.00812. The average molecular weight is 205 g/mol. The average Bonchev–Trinajstić information content (AvgIpc) is 2.18. The van der Waals surface area contributed by atoms with Gasteiger partial charge in [0.1, 0.15) is 0 Å². The highest BCUT2D eigenvalue weighted by Gasteiger charge is 2.16. The van der Waals surface area contributed by atoms with E-state index in [1.807, 2.05) is 0 Å². The summed E-state index contributed by atoms with van der Waals surface area (Å²) in [4.78, 5) is 0. The third-order valence-electron chi connectivity index (χ3n) is 2.89. The van der Waals surface area contributed by atoms with Crippen molar-refractivity contribution in [3.05, 3.63) is 29.8 Å². The van der Waals surface area contributed by atoms with Gasteiger partial charge in [0.15, 0.2) is 0 Å². The van der Waals surface area contributed by atoms with E-state index in [9.17, 15) is 0 Å². The van der Waals surface area contributed by atoms with Gasteiger partial charge in [-0.05, 0) is 38.3 Å². The van der Waals surface area contributed by atoms with Gasteiger partial charge in [-0.3, -0.25) is 0 Å². The standard InChI is InChI=1S/C13H19NO/c1-11-5-7-12(8-6-11)14-9-10-15-13-3-2-4-13/h5-8,13-14H,2-4,9-10H2,1H3. The van der Waals surface area contributed by atoms with Crippen molar-refractivity contribution in [1.82, 2.24) is 0 Å². The van der Waals surface area contributed by atoms with Crippen LogP contribution in [-0.4, -0.2) is 19.3 Å². The van der Waals surface area contributed by atoms with Crippen molar-refractivity contribution in [2.24, 2.45) is 0 Å². The molecule has 15 heavy (non-hydrogen) atoms. The minimum Gasteiger partial charge on any atom is -0.383 e. The molecule has 0 saturated heterocycles. The van der Waals surface area contributed by atoms with Crippen LogP contribution in [0, 0.1) is 6.92 Å². The van der Waals surface area contributed by atoms with Gasteiger partial charge >= 0.3 is 0 Å². The molecular formula is C13H19NO. The molecule has 0 aliphatic heterocycles. The van der Waals surface area contributed by atoms with Gasteiger partial charge in [0.2, 0.25) is 0 Å². The number of benzene rings is 1. The van der Waals surface area contributed by atoms with Crippen molar-refractivity contribution in [2.75, 3.05) is 18.5 Å². The summed E-state index contributed by atoms with van der Waals surface area (Å²) in [7, 11) is 0. The highest BCUT2D eigenvalue weighted by molar-refractivity contribution is 5.44. The normalized spacial score (nSPS) is 16.1. The summed E-state index contributed by atoms with van der Waals surface area (Å²) < 4.78 is 5.66. The SMILES string of the molecule is Cc1ccc(NCCOC2CCC2)cc1. The first-order valence-corrected chi connectivity index (χ1v) is 5.77. The summed E-state index contributed by atoms with van der Waals surface area (Å²) in [6, 6.07) is 8.46. The summed E-state index contributed by atoms with van der Waals surface area (Å²) in [6.45, 7) is 3.82. The van der Waals surface area contributed by atoms with E-state index in [0.29, 0.717) is 6.10 Å². The maximum Gasteiger partial charge on any atom is 0.0642 e. The van der Waals surface area contributed by atoms with Crippen LogP contribution in [0.1, 0.15) is 24.8 Å². The summed E-state index contributed by atoms with van der Waals surface area (Å²) in [5.41, 5.74) is 2.48. The van der Waals surface area contributed by atoms with Crippen LogP contribution in [0.3, 0.4) is 0 Å². The first-order valence-electron chi connectivity index (χ1n) is 5.77. The lowest BCUT2D eigenvalue weighted by atomic mass is 9.96. The quantitative estimate of drug-likeness (QED) is 0.746. The zero-order chi connectivity index (χ0) is 10.5. The number of rotatable bonds is 5. The van der Waals surface area contributed by atoms with Crippen LogP contribution in [0.15, 0.2) is 24.3 Å². The van der Waals surface area contributed by atoms with E-state index in [1.54, 1.807) is 0 Å². The smallest absolute Gasteiger partial charge is 0.0642 e. The third-order valence-corrected chi connectivity index (χ3v) is 2.89. The Bertz CT molecular complexity index is 290. The number of aryl methyl sites for hydroxylation is 1. The fraction of sp³-hybridized carbons (Fsp3) is 0.538. The van der Waals surface area contributed by atoms with E-state index < -0.39 is 0 Å². The van der Waals surface area contributed by atoms with Crippen LogP contribution in [0.4, 0.5) is 5.69 Å². The number of hydrogen-bond acceptors (Lipinski definition) is 2. The van der Waals surface area contributed by atoms with E-state index in [1.165, 1.54) is 30.5 Å². The van der Waals surface area contributed by atoms with Crippen LogP contribution < -0.4 is 5.32 Å². The molecule has 0 aromatic heterocycles. The molecule has 0 amide bonds. The minimum absolute atomic E-state index is 0.546. The van der Waals surface area contributed by atoms with Crippen LogP contribution in [0.5, 0.6) is 0 Å². The molecule has 2 rings (SSSR count). The first kappa shape index (κ1) is 10.5. The Balaban J connectivity index is 1.62. The van der Waals surface area contributed by atoms with Crippen LogP contribution in [0.2, 0.25) is 0 Å². The second kappa shape index (κ2) is 5.17. The minimum atomic E-state index is 0.546. The fourth-order valence-corrected chi connectivity index (χ4v) is 1.63. The highest BCUT2D eigenvalue weighted by atomic mass is 16.5. The first-order chi connectivity index (χ1) is 7.34. The highest BCUT2D eigenvalue weighted by Crippen LogP contribution is 2.21. The molecular weight excluding hydrogens is 186 g/mol. The van der Waals surface area contributed by atoms with Crippen molar-refractivity contribution in [2.45, 2.75) is 32.3 Å². The zero-order valence-corrected chi connectivity index (χ0v) is 9.33. The van der Waals surface area contributed by atoms with E-state index in [-0.39, 0.29) is 0 Å². The van der Waals surface area contributed by atoms with E-state index in [0.717, 1.165) is 13.2 Å². The van der Waals surface area contributed by atoms with Crippen molar-refractivity contribution >= 4 is 5.69 Å². The molecule has 0 heterocycles. The molecule has 1 aromatic rings. The third kappa shape index (κ3) is 3.24. The van der Waals surface area contributed by atoms with Gasteiger partial charge in [-0.2, -0.15) is 0 Å². The van der Waals surface area contributed by atoms with Crippen LogP contribution >= 0.6 is 0 Å². The predicted molar refractivity (Wildman–Crippen MR) is 63.3 cm³/mol. The Kier molecular flexibility index (Phi) is 3.62. The monoisotopic (exact) mass is 205 g/mol. The Morgan fingerprint density at radius 3 is 2.60 bits per heavy atom. The predicted octanol–water partition coefficient (Wildman–Crippen LogP) is 2.98. The number of ether oxygens (including phenoxy) is 1. The summed E-state index contributed by atoms with van der Waals surface area (Å²) >= 11 is 0. The maximum absolute atomic E-state index is 5.66. The largest absolute Gasteiger partial charge is 0.383 e.